The molecule has 2 aromatic rings. The number of nitrogens with zero attached hydrogens (tertiary/aromatic N) is 1. The molecule has 198 valence electrons. The van der Waals surface area contributed by atoms with Crippen LogP contribution in [0.15, 0.2) is 30.3 Å². The molecule has 1 heterocycles. The van der Waals surface area contributed by atoms with Crippen molar-refractivity contribution in [1.82, 2.24) is 4.90 Å². The number of hydrogen-bond acceptors (Lipinski definition) is 7. The Morgan fingerprint density at radius 1 is 1.03 bits per heavy atom. The molecule has 0 aliphatic carbocycles. The van der Waals surface area contributed by atoms with Crippen molar-refractivity contribution < 1.29 is 23.8 Å². The lowest BCUT2D eigenvalue weighted by Crippen LogP contribution is -2.38. The molecule has 1 fully saturated rings. The number of likely N-dealkylation sites (tertiary alicyclic amines) is 1. The van der Waals surface area contributed by atoms with Crippen LogP contribution in [0.2, 0.25) is 5.02 Å². The number of ketones is 1. The number of nitrogen functional groups attached to an aromatic ring is 1. The van der Waals surface area contributed by atoms with Gasteiger partial charge in [-0.2, -0.15) is 0 Å². The summed E-state index contributed by atoms with van der Waals surface area (Å²) in [4.78, 5) is 26.7. The van der Waals surface area contributed by atoms with E-state index in [0.29, 0.717) is 39.9 Å². The summed E-state index contributed by atoms with van der Waals surface area (Å²) >= 11 is 6.22. The van der Waals surface area contributed by atoms with Crippen molar-refractivity contribution in [3.05, 3.63) is 46.5 Å². The molecule has 1 saturated heterocycles. The molecule has 0 unspecified atom stereocenters. The van der Waals surface area contributed by atoms with E-state index in [1.54, 1.807) is 32.4 Å². The van der Waals surface area contributed by atoms with Gasteiger partial charge in [-0.3, -0.25) is 9.59 Å². The van der Waals surface area contributed by atoms with Crippen LogP contribution in [0.1, 0.15) is 48.0 Å². The van der Waals surface area contributed by atoms with Gasteiger partial charge < -0.3 is 30.6 Å². The molecule has 0 radical (unpaired) electrons. The molecule has 8 nitrogen and oxygen atoms in total. The van der Waals surface area contributed by atoms with E-state index in [0.717, 1.165) is 50.9 Å². The summed E-state index contributed by atoms with van der Waals surface area (Å²) < 4.78 is 16.6. The van der Waals surface area contributed by atoms with Gasteiger partial charge >= 0.3 is 0 Å². The Balaban J connectivity index is 0.00000456. The number of carbonyl (C=O) groups is 2. The van der Waals surface area contributed by atoms with Gasteiger partial charge in [-0.15, -0.1) is 12.4 Å². The van der Waals surface area contributed by atoms with Crippen LogP contribution in [0.25, 0.3) is 0 Å². The minimum Gasteiger partial charge on any atom is -0.497 e. The second kappa shape index (κ2) is 14.2. The fraction of sp³-hybridized carbons (Fsp3) is 0.462. The second-order valence-corrected chi connectivity index (χ2v) is 9.19. The lowest BCUT2D eigenvalue weighted by molar-refractivity contribution is -0.123. The zero-order valence-corrected chi connectivity index (χ0v) is 22.3. The first kappa shape index (κ1) is 29.5. The number of rotatable bonds is 12. The molecule has 1 aliphatic heterocycles. The Morgan fingerprint density at radius 2 is 1.67 bits per heavy atom. The van der Waals surface area contributed by atoms with Gasteiger partial charge in [-0.25, -0.2) is 0 Å². The zero-order chi connectivity index (χ0) is 25.4. The maximum absolute atomic E-state index is 13.0. The number of amides is 1. The number of Topliss-reactive ketones (excluding diaryl/α,β-unsaturated/α-hetero) is 1. The first-order valence-corrected chi connectivity index (χ1v) is 12.2. The number of piperidine rings is 1. The van der Waals surface area contributed by atoms with E-state index in [2.05, 4.69) is 4.90 Å². The van der Waals surface area contributed by atoms with Gasteiger partial charge in [0.15, 0.2) is 5.78 Å². The van der Waals surface area contributed by atoms with Gasteiger partial charge in [0.05, 0.1) is 30.5 Å². The molecular weight excluding hydrogens is 505 g/mol. The second-order valence-electron chi connectivity index (χ2n) is 8.78. The van der Waals surface area contributed by atoms with Crippen molar-refractivity contribution in [3.8, 4) is 17.2 Å². The molecule has 0 atom stereocenters. The molecule has 0 bridgehead atoms. The number of anilines is 1. The number of hydrogen-bond donors (Lipinski definition) is 2. The van der Waals surface area contributed by atoms with Gasteiger partial charge in [0, 0.05) is 24.5 Å². The van der Waals surface area contributed by atoms with Crippen molar-refractivity contribution in [2.45, 2.75) is 38.7 Å². The third-order valence-electron chi connectivity index (χ3n) is 6.32. The molecule has 36 heavy (non-hydrogen) atoms. The highest BCUT2D eigenvalue weighted by Crippen LogP contribution is 2.32. The maximum atomic E-state index is 13.0. The Morgan fingerprint density at radius 3 is 2.25 bits per heavy atom. The van der Waals surface area contributed by atoms with Crippen molar-refractivity contribution >= 4 is 41.4 Å². The first-order valence-electron chi connectivity index (χ1n) is 11.8. The minimum absolute atomic E-state index is 0. The summed E-state index contributed by atoms with van der Waals surface area (Å²) in [6.45, 7) is 2.82. The quantitative estimate of drug-likeness (QED) is 0.231. The summed E-state index contributed by atoms with van der Waals surface area (Å²) in [5.74, 6) is 1.42. The summed E-state index contributed by atoms with van der Waals surface area (Å²) in [7, 11) is 3.17. The van der Waals surface area contributed by atoms with Crippen LogP contribution in [0.4, 0.5) is 5.69 Å². The summed E-state index contributed by atoms with van der Waals surface area (Å²) in [5.41, 5.74) is 13.0. The van der Waals surface area contributed by atoms with Gasteiger partial charge in [-0.05, 0) is 69.1 Å². The summed E-state index contributed by atoms with van der Waals surface area (Å²) in [5, 5.41) is 0.320. The Kier molecular flexibility index (Phi) is 11.6. The van der Waals surface area contributed by atoms with Crippen LogP contribution >= 0.6 is 24.0 Å². The smallest absolute Gasteiger partial charge is 0.220 e. The highest BCUT2D eigenvalue weighted by Gasteiger charge is 2.23. The molecule has 1 aliphatic rings. The van der Waals surface area contributed by atoms with Gasteiger partial charge in [0.2, 0.25) is 5.91 Å². The topological polar surface area (TPSA) is 117 Å². The molecule has 0 aromatic heterocycles. The van der Waals surface area contributed by atoms with Crippen molar-refractivity contribution in [3.63, 3.8) is 0 Å². The van der Waals surface area contributed by atoms with Crippen LogP contribution in [-0.4, -0.2) is 50.4 Å². The van der Waals surface area contributed by atoms with Crippen molar-refractivity contribution in [2.75, 3.05) is 39.6 Å². The van der Waals surface area contributed by atoms with Crippen LogP contribution in [-0.2, 0) is 11.4 Å². The highest BCUT2D eigenvalue weighted by molar-refractivity contribution is 6.33. The van der Waals surface area contributed by atoms with E-state index < -0.39 is 0 Å². The molecular formula is C26H35Cl2N3O5. The number of benzene rings is 2. The van der Waals surface area contributed by atoms with E-state index in [4.69, 9.17) is 37.3 Å². The normalized spacial score (nSPS) is 14.1. The Bertz CT molecular complexity index is 1020. The zero-order valence-electron chi connectivity index (χ0n) is 20.8. The average Bonchev–Trinajstić information content (AvgIpc) is 2.86. The lowest BCUT2D eigenvalue weighted by atomic mass is 9.96. The van der Waals surface area contributed by atoms with E-state index in [1.165, 1.54) is 0 Å². The standard InChI is InChI=1S/C26H34ClN3O5.ClH/c1-33-19-11-17(12-20(13-19)34-2)16-35-25-15-23(28)22(27)14-21(25)24(31)5-3-4-8-30-9-6-18(7-10-30)26(29)32;/h11-15,18H,3-10,16,28H2,1-2H3,(H2,29,32);1H. The molecule has 10 heteroatoms. The van der Waals surface area contributed by atoms with E-state index in [9.17, 15) is 9.59 Å². The number of primary amides is 1. The molecule has 0 spiro atoms. The minimum atomic E-state index is -0.207. The van der Waals surface area contributed by atoms with Crippen LogP contribution in [0.3, 0.4) is 0 Å². The highest BCUT2D eigenvalue weighted by atomic mass is 35.5. The molecule has 1 amide bonds. The summed E-state index contributed by atoms with van der Waals surface area (Å²) in [6.07, 6.45) is 3.61. The third-order valence-corrected chi connectivity index (χ3v) is 6.65. The summed E-state index contributed by atoms with van der Waals surface area (Å²) in [6, 6.07) is 8.63. The van der Waals surface area contributed by atoms with Crippen LogP contribution < -0.4 is 25.7 Å². The number of halogens is 2. The third kappa shape index (κ3) is 8.18. The average molecular weight is 540 g/mol. The van der Waals surface area contributed by atoms with Gasteiger partial charge in [0.25, 0.3) is 0 Å². The monoisotopic (exact) mass is 539 g/mol. The number of carbonyl (C=O) groups excluding carboxylic acids is 2. The Labute approximate surface area is 223 Å². The fourth-order valence-corrected chi connectivity index (χ4v) is 4.38. The molecule has 0 saturated carbocycles. The van der Waals surface area contributed by atoms with E-state index in [-0.39, 0.29) is 36.6 Å². The predicted octanol–water partition coefficient (Wildman–Crippen LogP) is 4.49. The molecule has 2 aromatic carbocycles. The molecule has 4 N–H and O–H groups in total. The van der Waals surface area contributed by atoms with E-state index in [1.807, 2.05) is 12.1 Å². The predicted molar refractivity (Wildman–Crippen MR) is 144 cm³/mol. The lowest BCUT2D eigenvalue weighted by Gasteiger charge is -2.30. The number of ether oxygens (including phenoxy) is 3. The number of nitrogens with two attached hydrogens (primary N) is 2. The fourth-order valence-electron chi connectivity index (χ4n) is 4.21. The van der Waals surface area contributed by atoms with Crippen LogP contribution in [0.5, 0.6) is 17.2 Å². The van der Waals surface area contributed by atoms with Gasteiger partial charge in [0.1, 0.15) is 23.9 Å². The van der Waals surface area contributed by atoms with Gasteiger partial charge in [-0.1, -0.05) is 11.6 Å². The van der Waals surface area contributed by atoms with Crippen molar-refractivity contribution in [1.29, 1.82) is 0 Å². The van der Waals surface area contributed by atoms with Crippen LogP contribution in [0, 0.1) is 5.92 Å². The number of methoxy groups -OCH3 is 2. The van der Waals surface area contributed by atoms with E-state index >= 15 is 0 Å². The Hall–Kier alpha value is -2.68. The number of unbranched alkanes of at least 4 members (excludes halogenated alkanes) is 1. The largest absolute Gasteiger partial charge is 0.497 e. The first-order chi connectivity index (χ1) is 16.8. The maximum Gasteiger partial charge on any atom is 0.220 e. The van der Waals surface area contributed by atoms with Crippen molar-refractivity contribution in [2.24, 2.45) is 11.7 Å². The SMILES string of the molecule is COc1cc(COc2cc(N)c(Cl)cc2C(=O)CCCCN2CCC(C(N)=O)CC2)cc(OC)c1.Cl. The molecule has 3 rings (SSSR count).